The molecule has 0 unspecified atom stereocenters. The van der Waals surface area contributed by atoms with Gasteiger partial charge in [0.1, 0.15) is 12.4 Å². The van der Waals surface area contributed by atoms with Gasteiger partial charge in [-0.15, -0.1) is 24.0 Å². The van der Waals surface area contributed by atoms with Crippen LogP contribution in [0.4, 0.5) is 8.78 Å². The molecule has 0 aliphatic carbocycles. The van der Waals surface area contributed by atoms with Crippen LogP contribution in [0.5, 0.6) is 5.75 Å². The van der Waals surface area contributed by atoms with Gasteiger partial charge in [-0.1, -0.05) is 0 Å². The number of methoxy groups -OCH3 is 1. The predicted octanol–water partition coefficient (Wildman–Crippen LogP) is 2.09. The van der Waals surface area contributed by atoms with Crippen LogP contribution in [0.3, 0.4) is 0 Å². The average Bonchev–Trinajstić information content (AvgIpc) is 2.60. The van der Waals surface area contributed by atoms with Crippen molar-refractivity contribution in [1.82, 2.24) is 15.5 Å². The fourth-order valence-electron chi connectivity index (χ4n) is 2.08. The molecule has 0 saturated heterocycles. The highest BCUT2D eigenvalue weighted by atomic mass is 127. The summed E-state index contributed by atoms with van der Waals surface area (Å²) in [6.07, 6.45) is 1.00. The lowest BCUT2D eigenvalue weighted by Crippen LogP contribution is -2.42. The van der Waals surface area contributed by atoms with Crippen molar-refractivity contribution in [1.29, 1.82) is 0 Å². The van der Waals surface area contributed by atoms with Gasteiger partial charge in [0.2, 0.25) is 0 Å². The predicted molar refractivity (Wildman–Crippen MR) is 111 cm³/mol. The number of nitrogens with zero attached hydrogens (tertiary/aromatic N) is 2. The first-order valence-electron chi connectivity index (χ1n) is 8.26. The maximum absolute atomic E-state index is 13.1. The average molecular weight is 486 g/mol. The van der Waals surface area contributed by atoms with Crippen LogP contribution in [0.1, 0.15) is 6.42 Å². The Bertz CT molecular complexity index is 535. The molecule has 1 rings (SSSR count). The van der Waals surface area contributed by atoms with E-state index in [9.17, 15) is 8.78 Å². The Morgan fingerprint density at radius 3 is 2.50 bits per heavy atom. The van der Waals surface area contributed by atoms with Crippen LogP contribution in [0.25, 0.3) is 0 Å². The van der Waals surface area contributed by atoms with E-state index in [1.54, 1.807) is 14.2 Å². The van der Waals surface area contributed by atoms with Gasteiger partial charge in [0, 0.05) is 46.5 Å². The Hall–Kier alpha value is -1.20. The molecule has 150 valence electrons. The van der Waals surface area contributed by atoms with Crippen LogP contribution in [-0.4, -0.2) is 71.5 Å². The van der Waals surface area contributed by atoms with Crippen molar-refractivity contribution in [2.75, 3.05) is 60.6 Å². The molecule has 9 heteroatoms. The lowest BCUT2D eigenvalue weighted by molar-refractivity contribution is 0.180. The first-order chi connectivity index (χ1) is 12.1. The highest BCUT2D eigenvalue weighted by Gasteiger charge is 2.04. The number of nitrogens with one attached hydrogen (secondary N) is 2. The molecular formula is C17H29F2IN4O2. The molecule has 0 aliphatic rings. The van der Waals surface area contributed by atoms with E-state index in [2.05, 4.69) is 27.6 Å². The van der Waals surface area contributed by atoms with E-state index < -0.39 is 11.6 Å². The minimum atomic E-state index is -0.919. The molecule has 0 aliphatic heterocycles. The number of hydrogen-bond acceptors (Lipinski definition) is 4. The molecule has 0 amide bonds. The van der Waals surface area contributed by atoms with Gasteiger partial charge in [0.05, 0.1) is 6.54 Å². The third-order valence-electron chi connectivity index (χ3n) is 3.45. The molecule has 26 heavy (non-hydrogen) atoms. The van der Waals surface area contributed by atoms with Crippen LogP contribution in [-0.2, 0) is 4.74 Å². The fraction of sp³-hybridized carbons (Fsp3) is 0.588. The number of benzene rings is 1. The van der Waals surface area contributed by atoms with Gasteiger partial charge >= 0.3 is 0 Å². The normalized spacial score (nSPS) is 11.2. The topological polar surface area (TPSA) is 58.1 Å². The summed E-state index contributed by atoms with van der Waals surface area (Å²) in [6, 6.07) is 3.47. The van der Waals surface area contributed by atoms with Gasteiger partial charge in [-0.05, 0) is 25.6 Å². The van der Waals surface area contributed by atoms with Crippen molar-refractivity contribution in [3.63, 3.8) is 0 Å². The molecule has 0 heterocycles. The highest BCUT2D eigenvalue weighted by Crippen LogP contribution is 2.14. The largest absolute Gasteiger partial charge is 0.492 e. The Kier molecular flexibility index (Phi) is 14.2. The Morgan fingerprint density at radius 1 is 1.12 bits per heavy atom. The molecule has 0 aromatic heterocycles. The molecular weight excluding hydrogens is 457 g/mol. The summed E-state index contributed by atoms with van der Waals surface area (Å²) >= 11 is 0. The zero-order chi connectivity index (χ0) is 18.5. The van der Waals surface area contributed by atoms with E-state index >= 15 is 0 Å². The van der Waals surface area contributed by atoms with Crippen LogP contribution < -0.4 is 15.4 Å². The smallest absolute Gasteiger partial charge is 0.191 e. The van der Waals surface area contributed by atoms with Gasteiger partial charge in [0.15, 0.2) is 17.6 Å². The zero-order valence-electron chi connectivity index (χ0n) is 15.6. The van der Waals surface area contributed by atoms with Crippen LogP contribution >= 0.6 is 24.0 Å². The van der Waals surface area contributed by atoms with Gasteiger partial charge in [-0.3, -0.25) is 4.99 Å². The SMILES string of the molecule is CN=C(NCCOc1ccc(F)c(F)c1)NCCN(C)CCCOC.I. The standard InChI is InChI=1S/C17H28F2N4O2.HI/c1-20-17(21-7-10-23(2)9-4-11-24-3)22-8-12-25-14-5-6-15(18)16(19)13-14;/h5-6,13H,4,7-12H2,1-3H3,(H2,20,21,22);1H. The molecule has 6 nitrogen and oxygen atoms in total. The number of likely N-dealkylation sites (N-methyl/N-ethyl adjacent to an activating group) is 1. The second-order valence-electron chi connectivity index (χ2n) is 5.50. The quantitative estimate of drug-likeness (QED) is 0.217. The summed E-state index contributed by atoms with van der Waals surface area (Å²) in [4.78, 5) is 6.34. The number of ether oxygens (including phenoxy) is 2. The molecule has 0 spiro atoms. The Labute approximate surface area is 171 Å². The number of aliphatic imine (C=N–C) groups is 1. The van der Waals surface area contributed by atoms with E-state index in [-0.39, 0.29) is 24.0 Å². The third kappa shape index (κ3) is 10.7. The maximum atomic E-state index is 13.1. The number of halogens is 3. The first kappa shape index (κ1) is 24.8. The zero-order valence-corrected chi connectivity index (χ0v) is 17.9. The second kappa shape index (κ2) is 14.9. The van der Waals surface area contributed by atoms with Crippen molar-refractivity contribution in [3.05, 3.63) is 29.8 Å². The Morgan fingerprint density at radius 2 is 1.85 bits per heavy atom. The van der Waals surface area contributed by atoms with Gasteiger partial charge < -0.3 is 25.0 Å². The fourth-order valence-corrected chi connectivity index (χ4v) is 2.08. The van der Waals surface area contributed by atoms with E-state index in [4.69, 9.17) is 9.47 Å². The van der Waals surface area contributed by atoms with E-state index in [0.29, 0.717) is 24.9 Å². The molecule has 1 aromatic rings. The van der Waals surface area contributed by atoms with Crippen molar-refractivity contribution in [2.24, 2.45) is 4.99 Å². The monoisotopic (exact) mass is 486 g/mol. The number of guanidine groups is 1. The van der Waals surface area contributed by atoms with E-state index in [0.717, 1.165) is 44.8 Å². The first-order valence-corrected chi connectivity index (χ1v) is 8.26. The van der Waals surface area contributed by atoms with Crippen LogP contribution in [0.15, 0.2) is 23.2 Å². The van der Waals surface area contributed by atoms with E-state index in [1.807, 2.05) is 0 Å². The highest BCUT2D eigenvalue weighted by molar-refractivity contribution is 14.0. The molecule has 0 radical (unpaired) electrons. The summed E-state index contributed by atoms with van der Waals surface area (Å²) < 4.78 is 36.3. The minimum absolute atomic E-state index is 0. The second-order valence-corrected chi connectivity index (χ2v) is 5.50. The van der Waals surface area contributed by atoms with Crippen LogP contribution in [0, 0.1) is 11.6 Å². The van der Waals surface area contributed by atoms with Gasteiger partial charge in [-0.25, -0.2) is 8.78 Å². The lowest BCUT2D eigenvalue weighted by atomic mass is 10.3. The molecule has 1 aromatic carbocycles. The number of rotatable bonds is 11. The summed E-state index contributed by atoms with van der Waals surface area (Å²) in [6.45, 7) is 4.18. The summed E-state index contributed by atoms with van der Waals surface area (Å²) in [5.41, 5.74) is 0. The van der Waals surface area contributed by atoms with Crippen molar-refractivity contribution in [3.8, 4) is 5.75 Å². The van der Waals surface area contributed by atoms with Crippen molar-refractivity contribution in [2.45, 2.75) is 6.42 Å². The maximum Gasteiger partial charge on any atom is 0.191 e. The van der Waals surface area contributed by atoms with Gasteiger partial charge in [0.25, 0.3) is 0 Å². The van der Waals surface area contributed by atoms with Crippen LogP contribution in [0.2, 0.25) is 0 Å². The molecule has 0 saturated carbocycles. The molecule has 0 atom stereocenters. The van der Waals surface area contributed by atoms with Crippen molar-refractivity contribution >= 4 is 29.9 Å². The van der Waals surface area contributed by atoms with E-state index in [1.165, 1.54) is 6.07 Å². The minimum Gasteiger partial charge on any atom is -0.492 e. The molecule has 0 bridgehead atoms. The van der Waals surface area contributed by atoms with Gasteiger partial charge in [-0.2, -0.15) is 0 Å². The lowest BCUT2D eigenvalue weighted by Gasteiger charge is -2.18. The third-order valence-corrected chi connectivity index (χ3v) is 3.45. The Balaban J connectivity index is 0.00000625. The summed E-state index contributed by atoms with van der Waals surface area (Å²) in [5, 5.41) is 6.31. The summed E-state index contributed by atoms with van der Waals surface area (Å²) in [5.74, 6) is -0.847. The summed E-state index contributed by atoms with van der Waals surface area (Å²) in [7, 11) is 5.45. The molecule has 2 N–H and O–H groups in total. The number of hydrogen-bond donors (Lipinski definition) is 2. The molecule has 0 fully saturated rings. The van der Waals surface area contributed by atoms with Crippen molar-refractivity contribution < 1.29 is 18.3 Å².